The number of urea groups is 1. The minimum Gasteiger partial charge on any atom is -0.481 e. The number of carboxylic acid groups (broad SMARTS) is 1. The Morgan fingerprint density at radius 3 is 2.76 bits per heavy atom. The lowest BCUT2D eigenvalue weighted by molar-refractivity contribution is -0.137. The fourth-order valence-electron chi connectivity index (χ4n) is 2.32. The molecule has 1 unspecified atom stereocenters. The van der Waals surface area contributed by atoms with Gasteiger partial charge in [0.25, 0.3) is 0 Å². The summed E-state index contributed by atoms with van der Waals surface area (Å²) in [6.45, 7) is 0.723. The first-order valence-electron chi connectivity index (χ1n) is 7.11. The molecule has 0 saturated heterocycles. The van der Waals surface area contributed by atoms with Crippen LogP contribution < -0.4 is 16.0 Å². The quantitative estimate of drug-likeness (QED) is 0.616. The molecule has 0 aromatic heterocycles. The topological polar surface area (TPSA) is 90.5 Å². The van der Waals surface area contributed by atoms with E-state index < -0.39 is 5.97 Å². The van der Waals surface area contributed by atoms with Gasteiger partial charge in [-0.15, -0.1) is 0 Å². The molecule has 1 saturated carbocycles. The van der Waals surface area contributed by atoms with Gasteiger partial charge in [0.2, 0.25) is 0 Å². The molecule has 2 rings (SSSR count). The van der Waals surface area contributed by atoms with Crippen molar-refractivity contribution in [2.45, 2.75) is 31.8 Å². The molecule has 1 aromatic rings. The molecule has 2 amide bonds. The van der Waals surface area contributed by atoms with Gasteiger partial charge in [-0.05, 0) is 43.5 Å². The molecule has 1 atom stereocenters. The van der Waals surface area contributed by atoms with Crippen LogP contribution in [0.15, 0.2) is 24.3 Å². The number of amides is 2. The Kier molecular flexibility index (Phi) is 5.16. The highest BCUT2D eigenvalue weighted by Gasteiger charge is 2.33. The molecule has 6 heteroatoms. The van der Waals surface area contributed by atoms with Gasteiger partial charge in [0.1, 0.15) is 0 Å². The maximum Gasteiger partial charge on any atom is 0.319 e. The molecule has 1 aromatic carbocycles. The van der Waals surface area contributed by atoms with Gasteiger partial charge in [0, 0.05) is 18.3 Å². The average Bonchev–Trinajstić information content (AvgIpc) is 3.22. The number of carboxylic acids is 1. The highest BCUT2D eigenvalue weighted by Crippen LogP contribution is 2.34. The lowest BCUT2D eigenvalue weighted by atomic mass is 10.1. The first kappa shape index (κ1) is 15.3. The van der Waals surface area contributed by atoms with E-state index in [1.54, 1.807) is 0 Å². The maximum absolute atomic E-state index is 12.0. The molecule has 1 aliphatic rings. The van der Waals surface area contributed by atoms with Crippen LogP contribution in [0.2, 0.25) is 0 Å². The molecule has 6 nitrogen and oxygen atoms in total. The molecular formula is C15H21N3O3. The van der Waals surface area contributed by atoms with Crippen molar-refractivity contribution in [3.05, 3.63) is 29.8 Å². The Bertz CT molecular complexity index is 515. The molecule has 0 radical (unpaired) electrons. The second-order valence-corrected chi connectivity index (χ2v) is 5.37. The van der Waals surface area contributed by atoms with Crippen molar-refractivity contribution in [2.24, 2.45) is 5.92 Å². The highest BCUT2D eigenvalue weighted by molar-refractivity contribution is 5.89. The zero-order valence-electron chi connectivity index (χ0n) is 12.1. The van der Waals surface area contributed by atoms with E-state index in [4.69, 9.17) is 5.11 Å². The van der Waals surface area contributed by atoms with Crippen LogP contribution in [-0.2, 0) is 11.3 Å². The van der Waals surface area contributed by atoms with Gasteiger partial charge in [0.15, 0.2) is 0 Å². The van der Waals surface area contributed by atoms with Crippen LogP contribution in [-0.4, -0.2) is 30.2 Å². The summed E-state index contributed by atoms with van der Waals surface area (Å²) in [5, 5.41) is 17.4. The predicted octanol–water partition coefficient (Wildman–Crippen LogP) is 1.78. The van der Waals surface area contributed by atoms with Crippen molar-refractivity contribution >= 4 is 17.7 Å². The maximum atomic E-state index is 12.0. The van der Waals surface area contributed by atoms with Crippen molar-refractivity contribution in [1.29, 1.82) is 0 Å². The van der Waals surface area contributed by atoms with Crippen LogP contribution in [0.1, 0.15) is 24.8 Å². The van der Waals surface area contributed by atoms with Gasteiger partial charge < -0.3 is 21.1 Å². The molecule has 0 bridgehead atoms. The molecular weight excluding hydrogens is 270 g/mol. The van der Waals surface area contributed by atoms with Crippen LogP contribution in [0.25, 0.3) is 0 Å². The Hall–Kier alpha value is -2.08. The Balaban J connectivity index is 1.90. The number of nitrogens with one attached hydrogen (secondary N) is 3. The third kappa shape index (κ3) is 5.07. The van der Waals surface area contributed by atoms with Crippen molar-refractivity contribution in [3.63, 3.8) is 0 Å². The van der Waals surface area contributed by atoms with Crippen molar-refractivity contribution in [3.8, 4) is 0 Å². The van der Waals surface area contributed by atoms with Crippen molar-refractivity contribution in [1.82, 2.24) is 10.6 Å². The van der Waals surface area contributed by atoms with E-state index in [1.165, 1.54) is 0 Å². The number of benzene rings is 1. The summed E-state index contributed by atoms with van der Waals surface area (Å²) in [6, 6.07) is 6.90. The summed E-state index contributed by atoms with van der Waals surface area (Å²) >= 11 is 0. The minimum atomic E-state index is -0.886. The molecule has 0 spiro atoms. The third-order valence-corrected chi connectivity index (χ3v) is 3.47. The third-order valence-electron chi connectivity index (χ3n) is 3.47. The normalized spacial score (nSPS) is 15.3. The molecule has 21 heavy (non-hydrogen) atoms. The van der Waals surface area contributed by atoms with E-state index in [2.05, 4.69) is 16.0 Å². The number of carbonyl (C=O) groups is 2. The Morgan fingerprint density at radius 2 is 2.14 bits per heavy atom. The number of hydrogen-bond acceptors (Lipinski definition) is 3. The SMILES string of the molecule is CNCc1cccc(NC(=O)NC(CC(=O)O)C2CC2)c1. The molecule has 0 aliphatic heterocycles. The fourth-order valence-corrected chi connectivity index (χ4v) is 2.32. The zero-order chi connectivity index (χ0) is 15.2. The zero-order valence-corrected chi connectivity index (χ0v) is 12.1. The smallest absolute Gasteiger partial charge is 0.319 e. The van der Waals surface area contributed by atoms with E-state index >= 15 is 0 Å². The highest BCUT2D eigenvalue weighted by atomic mass is 16.4. The Morgan fingerprint density at radius 1 is 1.38 bits per heavy atom. The standard InChI is InChI=1S/C15H21N3O3/c1-16-9-10-3-2-4-12(7-10)17-15(21)18-13(8-14(19)20)11-5-6-11/h2-4,7,11,13,16H,5-6,8-9H2,1H3,(H,19,20)(H2,17,18,21). The van der Waals surface area contributed by atoms with E-state index in [9.17, 15) is 9.59 Å². The number of carbonyl (C=O) groups excluding carboxylic acids is 1. The van der Waals surface area contributed by atoms with Crippen LogP contribution in [0.4, 0.5) is 10.5 Å². The first-order chi connectivity index (χ1) is 10.1. The summed E-state index contributed by atoms with van der Waals surface area (Å²) in [7, 11) is 1.86. The Labute approximate surface area is 123 Å². The van der Waals surface area contributed by atoms with Gasteiger partial charge >= 0.3 is 12.0 Å². The summed E-state index contributed by atoms with van der Waals surface area (Å²) < 4.78 is 0. The minimum absolute atomic E-state index is 0.0299. The van der Waals surface area contributed by atoms with Crippen LogP contribution in [0.5, 0.6) is 0 Å². The molecule has 4 N–H and O–H groups in total. The van der Waals surface area contributed by atoms with Gasteiger partial charge in [-0.3, -0.25) is 4.79 Å². The van der Waals surface area contributed by atoms with Gasteiger partial charge in [-0.2, -0.15) is 0 Å². The van der Waals surface area contributed by atoms with Crippen LogP contribution >= 0.6 is 0 Å². The fraction of sp³-hybridized carbons (Fsp3) is 0.467. The number of anilines is 1. The summed E-state index contributed by atoms with van der Waals surface area (Å²) in [5.41, 5.74) is 1.77. The first-order valence-corrected chi connectivity index (χ1v) is 7.11. The number of aliphatic carboxylic acids is 1. The van der Waals surface area contributed by atoms with Crippen LogP contribution in [0.3, 0.4) is 0 Å². The molecule has 1 fully saturated rings. The lowest BCUT2D eigenvalue weighted by Gasteiger charge is -2.17. The summed E-state index contributed by atoms with van der Waals surface area (Å²) in [5.74, 6) is -0.592. The van der Waals surface area contributed by atoms with Gasteiger partial charge in [-0.25, -0.2) is 4.79 Å². The van der Waals surface area contributed by atoms with E-state index in [0.717, 1.165) is 24.9 Å². The number of rotatable bonds is 7. The second-order valence-electron chi connectivity index (χ2n) is 5.37. The average molecular weight is 291 g/mol. The summed E-state index contributed by atoms with van der Waals surface area (Å²) in [6.07, 6.45) is 1.93. The molecule has 0 heterocycles. The number of hydrogen-bond donors (Lipinski definition) is 4. The van der Waals surface area contributed by atoms with Crippen molar-refractivity contribution < 1.29 is 14.7 Å². The van der Waals surface area contributed by atoms with Gasteiger partial charge in [-0.1, -0.05) is 12.1 Å². The molecule has 1 aliphatic carbocycles. The molecule has 114 valence electrons. The second kappa shape index (κ2) is 7.08. The van der Waals surface area contributed by atoms with E-state index in [0.29, 0.717) is 11.6 Å². The summed E-state index contributed by atoms with van der Waals surface area (Å²) in [4.78, 5) is 22.8. The lowest BCUT2D eigenvalue weighted by Crippen LogP contribution is -2.40. The van der Waals surface area contributed by atoms with Crippen LogP contribution in [0, 0.1) is 5.92 Å². The predicted molar refractivity (Wildman–Crippen MR) is 80.1 cm³/mol. The largest absolute Gasteiger partial charge is 0.481 e. The van der Waals surface area contributed by atoms with E-state index in [-0.39, 0.29) is 18.5 Å². The van der Waals surface area contributed by atoms with E-state index in [1.807, 2.05) is 31.3 Å². The van der Waals surface area contributed by atoms with Gasteiger partial charge in [0.05, 0.1) is 6.42 Å². The van der Waals surface area contributed by atoms with Crippen molar-refractivity contribution in [2.75, 3.05) is 12.4 Å². The monoisotopic (exact) mass is 291 g/mol.